The highest BCUT2D eigenvalue weighted by molar-refractivity contribution is 5.83. The van der Waals surface area contributed by atoms with Crippen molar-refractivity contribution in [3.05, 3.63) is 65.7 Å². The SMILES string of the molecule is COc1ccc(CN2C[C@]3(CC[C@](c4ccccc4)(N(C)C)CC3)N(CC(=O)O)C2=O)cc1. The van der Waals surface area contributed by atoms with E-state index in [0.717, 1.165) is 37.0 Å². The molecule has 1 heterocycles. The number of benzene rings is 2. The lowest BCUT2D eigenvalue weighted by molar-refractivity contribution is -0.139. The van der Waals surface area contributed by atoms with Crippen LogP contribution in [0.25, 0.3) is 0 Å². The molecule has 2 aliphatic rings. The Labute approximate surface area is 195 Å². The van der Waals surface area contributed by atoms with E-state index in [9.17, 15) is 14.7 Å². The van der Waals surface area contributed by atoms with Gasteiger partial charge in [0.15, 0.2) is 0 Å². The summed E-state index contributed by atoms with van der Waals surface area (Å²) in [7, 11) is 5.84. The van der Waals surface area contributed by atoms with Crippen LogP contribution >= 0.6 is 0 Å². The molecule has 0 aromatic heterocycles. The van der Waals surface area contributed by atoms with Crippen LogP contribution in [0.4, 0.5) is 4.79 Å². The molecule has 1 spiro atoms. The number of urea groups is 1. The van der Waals surface area contributed by atoms with Crippen LogP contribution in [0, 0.1) is 0 Å². The number of carbonyl (C=O) groups is 2. The van der Waals surface area contributed by atoms with E-state index in [4.69, 9.17) is 4.74 Å². The lowest BCUT2D eigenvalue weighted by atomic mass is 9.68. The van der Waals surface area contributed by atoms with Gasteiger partial charge in [-0.1, -0.05) is 42.5 Å². The molecule has 1 aliphatic heterocycles. The molecule has 7 nitrogen and oxygen atoms in total. The average Bonchev–Trinajstić information content (AvgIpc) is 3.05. The second kappa shape index (κ2) is 9.06. The van der Waals surface area contributed by atoms with Crippen molar-refractivity contribution in [3.63, 3.8) is 0 Å². The normalized spacial score (nSPS) is 25.2. The molecule has 2 fully saturated rings. The maximum Gasteiger partial charge on any atom is 0.323 e. The molecule has 0 atom stereocenters. The standard InChI is InChI=1S/C26H33N3O4/c1-27(2)26(21-7-5-4-6-8-21)15-13-25(14-16-26)19-28(24(32)29(25)18-23(30)31)17-20-9-11-22(33-3)12-10-20/h4-12H,13-19H2,1-3H3,(H,30,31)/t25-,26+. The van der Waals surface area contributed by atoms with Crippen LogP contribution < -0.4 is 4.74 Å². The number of hydrogen-bond donors (Lipinski definition) is 1. The lowest BCUT2D eigenvalue weighted by Gasteiger charge is -2.50. The van der Waals surface area contributed by atoms with Gasteiger partial charge in [-0.15, -0.1) is 0 Å². The van der Waals surface area contributed by atoms with Crippen molar-refractivity contribution in [2.45, 2.75) is 43.3 Å². The minimum atomic E-state index is -0.971. The number of carboxylic acids is 1. The molecule has 1 saturated carbocycles. The molecule has 176 valence electrons. The van der Waals surface area contributed by atoms with Crippen LogP contribution in [-0.4, -0.2) is 71.6 Å². The smallest absolute Gasteiger partial charge is 0.323 e. The first-order valence-corrected chi connectivity index (χ1v) is 11.4. The lowest BCUT2D eigenvalue weighted by Crippen LogP contribution is -2.56. The monoisotopic (exact) mass is 451 g/mol. The molecule has 1 saturated heterocycles. The van der Waals surface area contributed by atoms with Gasteiger partial charge in [0.2, 0.25) is 0 Å². The van der Waals surface area contributed by atoms with E-state index in [0.29, 0.717) is 13.1 Å². The highest BCUT2D eigenvalue weighted by Crippen LogP contribution is 2.49. The van der Waals surface area contributed by atoms with E-state index in [-0.39, 0.29) is 18.1 Å². The molecule has 2 amide bonds. The summed E-state index contributed by atoms with van der Waals surface area (Å²) in [5.74, 6) is -0.204. The van der Waals surface area contributed by atoms with E-state index in [2.05, 4.69) is 43.3 Å². The number of hydrogen-bond acceptors (Lipinski definition) is 4. The molecule has 33 heavy (non-hydrogen) atoms. The second-order valence-electron chi connectivity index (χ2n) is 9.48. The quantitative estimate of drug-likeness (QED) is 0.694. The fraction of sp³-hybridized carbons (Fsp3) is 0.462. The predicted octanol–water partition coefficient (Wildman–Crippen LogP) is 3.79. The molecular weight excluding hydrogens is 418 g/mol. The van der Waals surface area contributed by atoms with Crippen LogP contribution in [0.3, 0.4) is 0 Å². The van der Waals surface area contributed by atoms with Crippen LogP contribution in [0.15, 0.2) is 54.6 Å². The van der Waals surface area contributed by atoms with Gasteiger partial charge in [0.05, 0.1) is 12.6 Å². The molecule has 1 aliphatic carbocycles. The Kier molecular flexibility index (Phi) is 6.34. The van der Waals surface area contributed by atoms with E-state index >= 15 is 0 Å². The largest absolute Gasteiger partial charge is 0.497 e. The number of carbonyl (C=O) groups excluding carboxylic acids is 1. The van der Waals surface area contributed by atoms with Crippen LogP contribution in [0.1, 0.15) is 36.8 Å². The number of aliphatic carboxylic acids is 1. The maximum absolute atomic E-state index is 13.4. The van der Waals surface area contributed by atoms with Gasteiger partial charge in [-0.25, -0.2) is 4.79 Å². The molecule has 0 radical (unpaired) electrons. The minimum absolute atomic E-state index is 0.117. The van der Waals surface area contributed by atoms with E-state index in [1.807, 2.05) is 30.3 Å². The van der Waals surface area contributed by atoms with Crippen LogP contribution in [0.2, 0.25) is 0 Å². The van der Waals surface area contributed by atoms with Gasteiger partial charge >= 0.3 is 12.0 Å². The number of methoxy groups -OCH3 is 1. The van der Waals surface area contributed by atoms with Gasteiger partial charge in [-0.3, -0.25) is 9.69 Å². The average molecular weight is 452 g/mol. The zero-order valence-corrected chi connectivity index (χ0v) is 19.7. The van der Waals surface area contributed by atoms with E-state index in [1.54, 1.807) is 16.9 Å². The van der Waals surface area contributed by atoms with Crippen LogP contribution in [0.5, 0.6) is 5.75 Å². The topological polar surface area (TPSA) is 73.3 Å². The summed E-state index contributed by atoms with van der Waals surface area (Å²) in [6.07, 6.45) is 3.25. The van der Waals surface area contributed by atoms with Gasteiger partial charge < -0.3 is 19.6 Å². The van der Waals surface area contributed by atoms with Gasteiger partial charge in [0.1, 0.15) is 12.3 Å². The molecular formula is C26H33N3O4. The predicted molar refractivity (Wildman–Crippen MR) is 126 cm³/mol. The van der Waals surface area contributed by atoms with Gasteiger partial charge in [0.25, 0.3) is 0 Å². The first-order chi connectivity index (χ1) is 15.8. The number of ether oxygens (including phenoxy) is 1. The summed E-state index contributed by atoms with van der Waals surface area (Å²) in [6.45, 7) is 0.736. The first-order valence-electron chi connectivity index (χ1n) is 11.4. The first kappa shape index (κ1) is 23.1. The summed E-state index contributed by atoms with van der Waals surface area (Å²) < 4.78 is 5.23. The summed E-state index contributed by atoms with van der Waals surface area (Å²) in [4.78, 5) is 30.7. The molecule has 1 N–H and O–H groups in total. The Bertz CT molecular complexity index is 982. The molecule has 0 bridgehead atoms. The fourth-order valence-corrected chi connectivity index (χ4v) is 5.63. The Morgan fingerprint density at radius 3 is 2.21 bits per heavy atom. The highest BCUT2D eigenvalue weighted by Gasteiger charge is 2.54. The summed E-state index contributed by atoms with van der Waals surface area (Å²) >= 11 is 0. The van der Waals surface area contributed by atoms with Gasteiger partial charge in [0, 0.05) is 18.6 Å². The van der Waals surface area contributed by atoms with Crippen molar-refractivity contribution in [3.8, 4) is 5.75 Å². The number of carboxylic acid groups (broad SMARTS) is 1. The zero-order chi connectivity index (χ0) is 23.6. The minimum Gasteiger partial charge on any atom is -0.497 e. The molecule has 2 aromatic rings. The zero-order valence-electron chi connectivity index (χ0n) is 19.7. The number of amides is 2. The van der Waals surface area contributed by atoms with Crippen molar-refractivity contribution in [2.75, 3.05) is 34.3 Å². The molecule has 0 unspecified atom stereocenters. The molecule has 7 heteroatoms. The Morgan fingerprint density at radius 1 is 1.03 bits per heavy atom. The highest BCUT2D eigenvalue weighted by atomic mass is 16.5. The molecule has 4 rings (SSSR count). The number of nitrogens with zero attached hydrogens (tertiary/aromatic N) is 3. The number of rotatable bonds is 7. The molecule has 2 aromatic carbocycles. The Hall–Kier alpha value is -3.06. The van der Waals surface area contributed by atoms with Crippen molar-refractivity contribution >= 4 is 12.0 Å². The maximum atomic E-state index is 13.4. The van der Waals surface area contributed by atoms with E-state index < -0.39 is 11.5 Å². The van der Waals surface area contributed by atoms with Crippen molar-refractivity contribution in [1.29, 1.82) is 0 Å². The van der Waals surface area contributed by atoms with Crippen molar-refractivity contribution < 1.29 is 19.4 Å². The van der Waals surface area contributed by atoms with Crippen molar-refractivity contribution in [2.24, 2.45) is 0 Å². The van der Waals surface area contributed by atoms with Crippen LogP contribution in [-0.2, 0) is 16.9 Å². The van der Waals surface area contributed by atoms with E-state index in [1.165, 1.54) is 5.56 Å². The van der Waals surface area contributed by atoms with Crippen molar-refractivity contribution in [1.82, 2.24) is 14.7 Å². The third kappa shape index (κ3) is 4.29. The fourth-order valence-electron chi connectivity index (χ4n) is 5.63. The third-order valence-electron chi connectivity index (χ3n) is 7.56. The summed E-state index contributed by atoms with van der Waals surface area (Å²) in [6, 6.07) is 18.0. The second-order valence-corrected chi connectivity index (χ2v) is 9.48. The Balaban J connectivity index is 1.58. The third-order valence-corrected chi connectivity index (χ3v) is 7.56. The van der Waals surface area contributed by atoms with Gasteiger partial charge in [-0.05, 0) is 63.0 Å². The Morgan fingerprint density at radius 2 is 1.67 bits per heavy atom. The summed E-state index contributed by atoms with van der Waals surface area (Å²) in [5.41, 5.74) is 1.69. The summed E-state index contributed by atoms with van der Waals surface area (Å²) in [5, 5.41) is 9.57. The van der Waals surface area contributed by atoms with Gasteiger partial charge in [-0.2, -0.15) is 0 Å².